The quantitative estimate of drug-likeness (QED) is 0.223. The number of carboxylic acid groups (broad SMARTS) is 1. The lowest BCUT2D eigenvalue weighted by Crippen LogP contribution is -2.20. The molecule has 13 heteroatoms. The van der Waals surface area contributed by atoms with E-state index in [1.807, 2.05) is 36.4 Å². The van der Waals surface area contributed by atoms with Crippen molar-refractivity contribution in [3.8, 4) is 52.1 Å². The number of nitrogens with zero attached hydrogens (tertiary/aromatic N) is 1. The molecule has 0 saturated carbocycles. The molecule has 3 aliphatic heterocycles. The van der Waals surface area contributed by atoms with E-state index in [2.05, 4.69) is 6.07 Å². The molecule has 0 bridgehead atoms. The number of aromatic hydroxyl groups is 1. The minimum Gasteiger partial charge on any atom is -0.507 e. The molecule has 4 aromatic carbocycles. The van der Waals surface area contributed by atoms with Crippen molar-refractivity contribution in [2.75, 3.05) is 48.3 Å². The summed E-state index contributed by atoms with van der Waals surface area (Å²) in [5.41, 5.74) is 3.42. The summed E-state index contributed by atoms with van der Waals surface area (Å²) < 4.78 is 36.2. The van der Waals surface area contributed by atoms with Crippen LogP contribution in [0.3, 0.4) is 0 Å². The van der Waals surface area contributed by atoms with Gasteiger partial charge in [-0.3, -0.25) is 9.59 Å². The molecular weight excluding hydrogens is 686 g/mol. The van der Waals surface area contributed by atoms with Gasteiger partial charge in [-0.2, -0.15) is 5.26 Å². The molecule has 0 fully saturated rings. The van der Waals surface area contributed by atoms with Crippen molar-refractivity contribution >= 4 is 30.2 Å². The molecule has 0 saturated heterocycles. The molecule has 0 amide bonds. The SMILES string of the molecule is COc1cccc(O)c1C=O.COc1cccc2c1C=C(C#N)CO2.COc1cccc2c1C=C(C(=O)O)CO2.COc1cccc2c1CC(=O)CO2. The number of phenols is 1. The zero-order valence-electron chi connectivity index (χ0n) is 29.4. The summed E-state index contributed by atoms with van der Waals surface area (Å²) in [6.45, 7) is 0.617. The van der Waals surface area contributed by atoms with Crippen LogP contribution in [0.25, 0.3) is 12.2 Å². The van der Waals surface area contributed by atoms with E-state index in [-0.39, 0.29) is 35.9 Å². The van der Waals surface area contributed by atoms with Gasteiger partial charge < -0.3 is 43.4 Å². The van der Waals surface area contributed by atoms with Gasteiger partial charge in [0.2, 0.25) is 0 Å². The standard InChI is InChI=1S/C11H9NO2.C11H10O4.C10H10O3.C8H8O3/c1-13-10-3-2-4-11-9(10)5-8(6-12)7-14-11;1-14-9-3-2-4-10-8(9)5-7(6-15-10)11(12)13;1-12-9-3-2-4-10-8(9)5-7(11)6-13-10;1-11-8-4-2-3-7(10)6(8)5-9/h2-5H,7H2,1H3;2-5H,6H2,1H3,(H,12,13);2-4H,5-6H2,1H3;2-5,10H,1H3. The van der Waals surface area contributed by atoms with Gasteiger partial charge in [0.1, 0.15) is 65.8 Å². The highest BCUT2D eigenvalue weighted by Crippen LogP contribution is 2.35. The van der Waals surface area contributed by atoms with Crippen molar-refractivity contribution in [2.24, 2.45) is 0 Å². The van der Waals surface area contributed by atoms with Crippen molar-refractivity contribution in [3.63, 3.8) is 0 Å². The number of hydrogen-bond donors (Lipinski definition) is 2. The molecule has 4 aromatic rings. The number of rotatable bonds is 6. The number of hydrogen-bond acceptors (Lipinski definition) is 12. The second kappa shape index (κ2) is 18.9. The number of aldehydes is 1. The number of ketones is 1. The van der Waals surface area contributed by atoms with E-state index >= 15 is 0 Å². The van der Waals surface area contributed by atoms with Crippen molar-refractivity contribution in [1.29, 1.82) is 5.26 Å². The maximum absolute atomic E-state index is 11.1. The summed E-state index contributed by atoms with van der Waals surface area (Å²) in [5, 5.41) is 26.7. The van der Waals surface area contributed by atoms with Crippen LogP contribution in [0.15, 0.2) is 83.9 Å². The van der Waals surface area contributed by atoms with Crippen LogP contribution < -0.4 is 33.2 Å². The molecule has 0 aromatic heterocycles. The first-order valence-corrected chi connectivity index (χ1v) is 15.9. The highest BCUT2D eigenvalue weighted by atomic mass is 16.5. The van der Waals surface area contributed by atoms with Gasteiger partial charge in [0.15, 0.2) is 12.1 Å². The molecule has 7 rings (SSSR count). The fourth-order valence-corrected chi connectivity index (χ4v) is 5.15. The smallest absolute Gasteiger partial charge is 0.335 e. The van der Waals surface area contributed by atoms with Gasteiger partial charge in [0.25, 0.3) is 0 Å². The van der Waals surface area contributed by atoms with Crippen LogP contribution in [0.2, 0.25) is 0 Å². The molecule has 3 aliphatic rings. The molecule has 0 radical (unpaired) electrons. The lowest BCUT2D eigenvalue weighted by molar-refractivity contribution is -0.133. The largest absolute Gasteiger partial charge is 0.507 e. The predicted octanol–water partition coefficient (Wildman–Crippen LogP) is 5.96. The summed E-state index contributed by atoms with van der Waals surface area (Å²) in [7, 11) is 6.18. The fraction of sp³-hybridized carbons (Fsp3) is 0.200. The van der Waals surface area contributed by atoms with Crippen LogP contribution in [-0.2, 0) is 16.0 Å². The maximum atomic E-state index is 11.1. The third-order valence-corrected chi connectivity index (χ3v) is 7.77. The Kier molecular flexibility index (Phi) is 13.8. The number of phenolic OH excluding ortho intramolecular Hbond substituents is 1. The number of carboxylic acids is 1. The number of fused-ring (bicyclic) bond motifs is 3. The number of methoxy groups -OCH3 is 4. The number of ether oxygens (including phenoxy) is 7. The van der Waals surface area contributed by atoms with Crippen LogP contribution in [0, 0.1) is 11.3 Å². The number of nitriles is 1. The van der Waals surface area contributed by atoms with Gasteiger partial charge in [-0.25, -0.2) is 4.79 Å². The predicted molar refractivity (Wildman–Crippen MR) is 193 cm³/mol. The topological polar surface area (TPSA) is 180 Å². The Morgan fingerprint density at radius 1 is 0.717 bits per heavy atom. The average molecular weight is 724 g/mol. The molecule has 274 valence electrons. The van der Waals surface area contributed by atoms with Crippen LogP contribution in [0.5, 0.6) is 46.0 Å². The highest BCUT2D eigenvalue weighted by molar-refractivity contribution is 5.94. The van der Waals surface area contributed by atoms with E-state index < -0.39 is 5.97 Å². The minimum atomic E-state index is -0.966. The summed E-state index contributed by atoms with van der Waals surface area (Å²) in [5.74, 6) is 3.72. The Morgan fingerprint density at radius 2 is 1.23 bits per heavy atom. The summed E-state index contributed by atoms with van der Waals surface area (Å²) in [6, 6.07) is 23.2. The maximum Gasteiger partial charge on any atom is 0.335 e. The number of aliphatic carboxylic acids is 1. The Labute approximate surface area is 305 Å². The third-order valence-electron chi connectivity index (χ3n) is 7.77. The zero-order chi connectivity index (χ0) is 38.3. The van der Waals surface area contributed by atoms with Gasteiger partial charge >= 0.3 is 5.97 Å². The van der Waals surface area contributed by atoms with Gasteiger partial charge in [-0.05, 0) is 60.7 Å². The molecule has 13 nitrogen and oxygen atoms in total. The summed E-state index contributed by atoms with van der Waals surface area (Å²) >= 11 is 0. The number of carbonyl (C=O) groups is 3. The normalized spacial score (nSPS) is 12.8. The first-order valence-electron chi connectivity index (χ1n) is 15.9. The lowest BCUT2D eigenvalue weighted by atomic mass is 10.0. The van der Waals surface area contributed by atoms with Crippen LogP contribution >= 0.6 is 0 Å². The molecule has 2 N–H and O–H groups in total. The Hall–Kier alpha value is -6.94. The Bertz CT molecular complexity index is 2050. The molecule has 0 unspecified atom stereocenters. The third kappa shape index (κ3) is 9.86. The van der Waals surface area contributed by atoms with Crippen molar-refractivity contribution in [3.05, 3.63) is 106 Å². The van der Waals surface area contributed by atoms with Gasteiger partial charge in [-0.15, -0.1) is 0 Å². The van der Waals surface area contributed by atoms with E-state index in [4.69, 9.17) is 48.6 Å². The molecule has 0 atom stereocenters. The molecule has 0 aliphatic carbocycles. The highest BCUT2D eigenvalue weighted by Gasteiger charge is 2.21. The number of Topliss-reactive ketones (excluding diaryl/α,β-unsaturated/α-hetero) is 1. The van der Waals surface area contributed by atoms with Crippen molar-refractivity contribution in [1.82, 2.24) is 0 Å². The van der Waals surface area contributed by atoms with Crippen molar-refractivity contribution in [2.45, 2.75) is 6.42 Å². The summed E-state index contributed by atoms with van der Waals surface area (Å²) in [6.07, 6.45) is 4.37. The van der Waals surface area contributed by atoms with E-state index in [9.17, 15) is 14.4 Å². The lowest BCUT2D eigenvalue weighted by Gasteiger charge is -2.18. The Balaban J connectivity index is 0.000000159. The minimum absolute atomic E-state index is 0.0562. The van der Waals surface area contributed by atoms with E-state index in [1.54, 1.807) is 63.8 Å². The zero-order valence-corrected chi connectivity index (χ0v) is 29.4. The van der Waals surface area contributed by atoms with Crippen LogP contribution in [0.1, 0.15) is 27.0 Å². The molecule has 3 heterocycles. The van der Waals surface area contributed by atoms with Crippen LogP contribution in [0.4, 0.5) is 0 Å². The fourth-order valence-electron chi connectivity index (χ4n) is 5.15. The van der Waals surface area contributed by atoms with Gasteiger partial charge in [-0.1, -0.05) is 24.3 Å². The Morgan fingerprint density at radius 3 is 1.77 bits per heavy atom. The van der Waals surface area contributed by atoms with E-state index in [0.29, 0.717) is 47.7 Å². The molecular formula is C40H37NO12. The van der Waals surface area contributed by atoms with Gasteiger partial charge in [0, 0.05) is 12.0 Å². The number of benzene rings is 4. The van der Waals surface area contributed by atoms with Crippen LogP contribution in [-0.4, -0.2) is 76.5 Å². The first-order chi connectivity index (χ1) is 25.7. The first kappa shape index (κ1) is 38.9. The average Bonchev–Trinajstić information content (AvgIpc) is 3.20. The second-order valence-corrected chi connectivity index (χ2v) is 11.0. The monoisotopic (exact) mass is 723 g/mol. The summed E-state index contributed by atoms with van der Waals surface area (Å²) in [4.78, 5) is 32.3. The second-order valence-electron chi connectivity index (χ2n) is 11.0. The van der Waals surface area contributed by atoms with Crippen molar-refractivity contribution < 1.29 is 57.8 Å². The number of carbonyl (C=O) groups excluding carboxylic acids is 2. The molecule has 53 heavy (non-hydrogen) atoms. The van der Waals surface area contributed by atoms with E-state index in [0.717, 1.165) is 34.1 Å². The van der Waals surface area contributed by atoms with Gasteiger partial charge in [0.05, 0.1) is 62.3 Å². The molecule has 0 spiro atoms. The van der Waals surface area contributed by atoms with E-state index in [1.165, 1.54) is 13.2 Å².